The van der Waals surface area contributed by atoms with E-state index in [0.717, 1.165) is 0 Å². The molecular weight excluding hydrogens is 332 g/mol. The Morgan fingerprint density at radius 3 is 2.73 bits per heavy atom. The highest BCUT2D eigenvalue weighted by atomic mass is 16.3. The molecule has 5 nitrogen and oxygen atoms in total. The van der Waals surface area contributed by atoms with Gasteiger partial charge in [-0.1, -0.05) is 19.4 Å². The van der Waals surface area contributed by atoms with Gasteiger partial charge in [0.2, 0.25) is 0 Å². The first-order chi connectivity index (χ1) is 14.8. The fourth-order valence-corrected chi connectivity index (χ4v) is 5.78. The van der Waals surface area contributed by atoms with Gasteiger partial charge >= 0.3 is 0 Å². The Balaban J connectivity index is 1.98. The predicted octanol–water partition coefficient (Wildman–Crippen LogP) is 1.99. The number of carbonyl (C=O) groups excluding carboxylic acids is 3. The molecule has 0 radical (unpaired) electrons. The van der Waals surface area contributed by atoms with Crippen molar-refractivity contribution in [1.29, 1.82) is 0 Å². The zero-order valence-electron chi connectivity index (χ0n) is 21.9. The zero-order valence-corrected chi connectivity index (χ0v) is 14.9. The van der Waals surface area contributed by atoms with Crippen LogP contribution in [0.2, 0.25) is 0 Å². The first-order valence-electron chi connectivity index (χ1n) is 12.5. The van der Waals surface area contributed by atoms with E-state index in [1.165, 1.54) is 13.8 Å². The maximum Gasteiger partial charge on any atom is 0.190 e. The highest BCUT2D eigenvalue weighted by Crippen LogP contribution is 2.66. The number of fused-ring (bicyclic) bond motifs is 5. The number of allylic oxidation sites excluding steroid dienone is 1. The van der Waals surface area contributed by atoms with Crippen LogP contribution in [-0.2, 0) is 14.4 Å². The molecule has 4 aliphatic carbocycles. The van der Waals surface area contributed by atoms with Crippen molar-refractivity contribution in [2.24, 2.45) is 28.6 Å². The largest absolute Gasteiger partial charge is 0.388 e. The van der Waals surface area contributed by atoms with Crippen molar-refractivity contribution in [3.63, 3.8) is 0 Å². The fraction of sp³-hybridized carbons (Fsp3) is 0.762. The van der Waals surface area contributed by atoms with E-state index in [0.29, 0.717) is 0 Å². The molecule has 0 unspecified atom stereocenters. The minimum Gasteiger partial charge on any atom is -0.388 e. The maximum absolute atomic E-state index is 13.8. The Kier molecular flexibility index (Phi) is 2.47. The molecule has 0 aromatic heterocycles. The van der Waals surface area contributed by atoms with Crippen LogP contribution in [0.25, 0.3) is 0 Å². The molecule has 0 bridgehead atoms. The summed E-state index contributed by atoms with van der Waals surface area (Å²) in [5.41, 5.74) is -6.16. The lowest BCUT2D eigenvalue weighted by molar-refractivity contribution is -0.170. The van der Waals surface area contributed by atoms with Gasteiger partial charge in [-0.3, -0.25) is 14.4 Å². The third-order valence-electron chi connectivity index (χ3n) is 7.26. The number of carbonyl (C=O) groups is 3. The lowest BCUT2D eigenvalue weighted by atomic mass is 9.46. The summed E-state index contributed by atoms with van der Waals surface area (Å²) in [7, 11) is 0. The van der Waals surface area contributed by atoms with Gasteiger partial charge in [0.1, 0.15) is 18.0 Å². The van der Waals surface area contributed by atoms with Crippen molar-refractivity contribution < 1.29 is 34.2 Å². The highest BCUT2D eigenvalue weighted by Gasteiger charge is 2.68. The first kappa shape index (κ1) is 11.5. The van der Waals surface area contributed by atoms with Gasteiger partial charge in [-0.2, -0.15) is 0 Å². The first-order valence-corrected chi connectivity index (χ1v) is 9.02. The van der Waals surface area contributed by atoms with Crippen molar-refractivity contribution in [3.05, 3.63) is 11.6 Å². The van der Waals surface area contributed by atoms with Crippen LogP contribution in [0.4, 0.5) is 0 Å². The Morgan fingerprint density at radius 2 is 2.04 bits per heavy atom. The van der Waals surface area contributed by atoms with Gasteiger partial charge in [0, 0.05) is 32.3 Å². The van der Waals surface area contributed by atoms with Gasteiger partial charge < -0.3 is 10.2 Å². The average Bonchev–Trinajstić information content (AvgIpc) is 2.96. The summed E-state index contributed by atoms with van der Waals surface area (Å²) in [6.07, 6.45) is -8.51. The summed E-state index contributed by atoms with van der Waals surface area (Å²) < 4.78 is 59.6. The second-order valence-electron chi connectivity index (χ2n) is 8.40. The van der Waals surface area contributed by atoms with Crippen LogP contribution >= 0.6 is 0 Å². The van der Waals surface area contributed by atoms with E-state index in [-0.39, 0.29) is 24.8 Å². The SMILES string of the molecule is [2H]C1=C2C([2H])([2H])C[C@@H]3[C@H](C(=O)C([2H])([2H])[C@@]4(C)[C@H]3CC[C@]4(O)C(=O)CO)[C@@]2(C)CC([2H])([2H])C1=O. The molecule has 0 aromatic rings. The van der Waals surface area contributed by atoms with Crippen molar-refractivity contribution in [1.82, 2.24) is 0 Å². The van der Waals surface area contributed by atoms with Gasteiger partial charge in [0.15, 0.2) is 11.6 Å². The lowest BCUT2D eigenvalue weighted by Gasteiger charge is -2.57. The summed E-state index contributed by atoms with van der Waals surface area (Å²) in [6.45, 7) is 1.69. The molecule has 26 heavy (non-hydrogen) atoms. The molecular formula is C21H28O5. The summed E-state index contributed by atoms with van der Waals surface area (Å²) >= 11 is 0. The third-order valence-corrected chi connectivity index (χ3v) is 7.26. The molecule has 3 saturated carbocycles. The average molecular weight is 367 g/mol. The topological polar surface area (TPSA) is 91.7 Å². The number of hydrogen-bond donors (Lipinski definition) is 2. The summed E-state index contributed by atoms with van der Waals surface area (Å²) in [5, 5.41) is 20.8. The van der Waals surface area contributed by atoms with Gasteiger partial charge in [-0.25, -0.2) is 0 Å². The van der Waals surface area contributed by atoms with Gasteiger partial charge in [-0.05, 0) is 55.4 Å². The minimum atomic E-state index is -2.76. The standard InChI is InChI=1S/C21H28O5/c1-19-7-5-13(23)9-12(19)3-4-14-15-6-8-21(26,17(25)11-22)20(15,2)10-16(24)18(14)19/h9,14-15,18,22,26H,3-8,10-11H2,1-2H3/t14-,15-,18+,19-,20-,21-/m0/s1/i3D2,5D2,9D,10D2. The number of hydrogen-bond acceptors (Lipinski definition) is 5. The van der Waals surface area contributed by atoms with Gasteiger partial charge in [0.05, 0.1) is 1.37 Å². The quantitative estimate of drug-likeness (QED) is 0.779. The molecule has 0 spiro atoms. The van der Waals surface area contributed by atoms with E-state index in [1.54, 1.807) is 0 Å². The molecule has 2 N–H and O–H groups in total. The third kappa shape index (κ3) is 2.07. The zero-order chi connectivity index (χ0) is 25.2. The number of ketones is 3. The fourth-order valence-electron chi connectivity index (χ4n) is 5.78. The predicted molar refractivity (Wildman–Crippen MR) is 94.1 cm³/mol. The van der Waals surface area contributed by atoms with Crippen LogP contribution in [0.3, 0.4) is 0 Å². The number of aliphatic hydroxyl groups excluding tert-OH is 1. The molecule has 0 amide bonds. The summed E-state index contributed by atoms with van der Waals surface area (Å²) in [5.74, 6) is -6.06. The van der Waals surface area contributed by atoms with E-state index >= 15 is 0 Å². The molecule has 0 aliphatic heterocycles. The molecule has 4 rings (SSSR count). The van der Waals surface area contributed by atoms with Gasteiger partial charge in [-0.15, -0.1) is 0 Å². The van der Waals surface area contributed by atoms with Crippen molar-refractivity contribution in [2.45, 2.75) is 64.3 Å². The molecule has 5 heteroatoms. The normalized spacial score (nSPS) is 57.8. The number of aliphatic hydroxyl groups is 2. The van der Waals surface area contributed by atoms with E-state index < -0.39 is 89.7 Å². The molecule has 6 atom stereocenters. The van der Waals surface area contributed by atoms with Gasteiger partial charge in [0.25, 0.3) is 0 Å². The molecule has 4 aliphatic rings. The second kappa shape index (κ2) is 5.59. The Labute approximate surface area is 163 Å². The maximum atomic E-state index is 13.8. The number of rotatable bonds is 2. The van der Waals surface area contributed by atoms with Crippen molar-refractivity contribution >= 4 is 17.3 Å². The number of Topliss-reactive ketones (excluding diaryl/α,β-unsaturated/α-hetero) is 2. The molecule has 0 saturated heterocycles. The van der Waals surface area contributed by atoms with Crippen LogP contribution in [0.1, 0.15) is 68.2 Å². The lowest BCUT2D eigenvalue weighted by Crippen LogP contribution is -2.60. The molecule has 3 fully saturated rings. The highest BCUT2D eigenvalue weighted by molar-refractivity contribution is 5.94. The van der Waals surface area contributed by atoms with E-state index in [9.17, 15) is 24.6 Å². The monoisotopic (exact) mass is 367 g/mol. The second-order valence-corrected chi connectivity index (χ2v) is 8.40. The Morgan fingerprint density at radius 1 is 1.31 bits per heavy atom. The minimum absolute atomic E-state index is 0.109. The molecule has 0 aromatic carbocycles. The molecule has 0 heterocycles. The Hall–Kier alpha value is -1.33. The van der Waals surface area contributed by atoms with Crippen molar-refractivity contribution in [3.8, 4) is 0 Å². The summed E-state index contributed by atoms with van der Waals surface area (Å²) in [6, 6.07) is -0.808. The van der Waals surface area contributed by atoms with Crippen molar-refractivity contribution in [2.75, 3.05) is 6.61 Å². The van der Waals surface area contributed by atoms with E-state index in [2.05, 4.69) is 0 Å². The van der Waals surface area contributed by atoms with Crippen LogP contribution in [0.15, 0.2) is 11.6 Å². The van der Waals surface area contributed by atoms with Crippen LogP contribution < -0.4 is 0 Å². The van der Waals surface area contributed by atoms with E-state index in [1.807, 2.05) is 0 Å². The van der Waals surface area contributed by atoms with E-state index in [4.69, 9.17) is 9.60 Å². The Bertz CT molecular complexity index is 1010. The smallest absolute Gasteiger partial charge is 0.190 e. The van der Waals surface area contributed by atoms with Crippen LogP contribution in [0, 0.1) is 28.6 Å². The van der Waals surface area contributed by atoms with Crippen LogP contribution in [0.5, 0.6) is 0 Å². The molecule has 142 valence electrons. The summed E-state index contributed by atoms with van der Waals surface area (Å²) in [4.78, 5) is 38.9. The van der Waals surface area contributed by atoms with Crippen LogP contribution in [-0.4, -0.2) is 39.8 Å².